The van der Waals surface area contributed by atoms with Gasteiger partial charge in [0.15, 0.2) is 0 Å². The average Bonchev–Trinajstić information content (AvgIpc) is 2.54. The molecule has 1 heterocycles. The molecule has 0 spiro atoms. The molecule has 0 aliphatic rings. The Bertz CT molecular complexity index is 667. The molecular formula is C18H24N4O. The second-order valence-electron chi connectivity index (χ2n) is 5.64. The Balaban J connectivity index is 2.17. The lowest BCUT2D eigenvalue weighted by atomic mass is 10.1. The summed E-state index contributed by atoms with van der Waals surface area (Å²) in [6.45, 7) is 7.91. The van der Waals surface area contributed by atoms with Crippen LogP contribution in [0, 0.1) is 6.92 Å². The van der Waals surface area contributed by atoms with Gasteiger partial charge in [-0.05, 0) is 44.4 Å². The minimum atomic E-state index is -0.172. The molecule has 122 valence electrons. The van der Waals surface area contributed by atoms with Crippen LogP contribution in [-0.2, 0) is 6.42 Å². The van der Waals surface area contributed by atoms with Gasteiger partial charge in [0, 0.05) is 17.8 Å². The summed E-state index contributed by atoms with van der Waals surface area (Å²) in [5.41, 5.74) is 2.60. The van der Waals surface area contributed by atoms with E-state index in [9.17, 15) is 4.79 Å². The van der Waals surface area contributed by atoms with Gasteiger partial charge in [0.2, 0.25) is 0 Å². The van der Waals surface area contributed by atoms with E-state index in [1.54, 1.807) is 13.0 Å². The Kier molecular flexibility index (Phi) is 5.68. The standard InChI is InChI=1S/C18H24N4O/c1-5-12(3)19-18(23)16-11-17(21-13(4)20-16)22-15-9-7-14(6-2)8-10-15/h7-12H,5-6H2,1-4H3,(H,19,23)(H,20,21,22). The Morgan fingerprint density at radius 2 is 1.87 bits per heavy atom. The number of aryl methyl sites for hydroxylation is 2. The highest BCUT2D eigenvalue weighted by molar-refractivity contribution is 5.93. The first-order valence-corrected chi connectivity index (χ1v) is 8.04. The fourth-order valence-corrected chi connectivity index (χ4v) is 2.12. The first-order chi connectivity index (χ1) is 11.0. The minimum absolute atomic E-state index is 0.121. The number of nitrogens with zero attached hydrogens (tertiary/aromatic N) is 2. The smallest absolute Gasteiger partial charge is 0.270 e. The fraction of sp³-hybridized carbons (Fsp3) is 0.389. The van der Waals surface area contributed by atoms with E-state index in [-0.39, 0.29) is 11.9 Å². The van der Waals surface area contributed by atoms with Crippen LogP contribution in [0.4, 0.5) is 11.5 Å². The van der Waals surface area contributed by atoms with Crippen molar-refractivity contribution >= 4 is 17.4 Å². The SMILES string of the molecule is CCc1ccc(Nc2cc(C(=O)NC(C)CC)nc(C)n2)cc1. The monoisotopic (exact) mass is 312 g/mol. The molecule has 23 heavy (non-hydrogen) atoms. The minimum Gasteiger partial charge on any atom is -0.348 e. The number of hydrogen-bond donors (Lipinski definition) is 2. The molecule has 1 aromatic heterocycles. The van der Waals surface area contributed by atoms with Gasteiger partial charge < -0.3 is 10.6 Å². The second-order valence-corrected chi connectivity index (χ2v) is 5.64. The van der Waals surface area contributed by atoms with Gasteiger partial charge in [-0.1, -0.05) is 26.0 Å². The van der Waals surface area contributed by atoms with Crippen molar-refractivity contribution in [2.45, 2.75) is 46.6 Å². The van der Waals surface area contributed by atoms with Crippen LogP contribution in [0.2, 0.25) is 0 Å². The molecule has 0 aliphatic heterocycles. The van der Waals surface area contributed by atoms with Crippen LogP contribution in [0.1, 0.15) is 49.1 Å². The Labute approximate surface area is 137 Å². The molecule has 0 saturated carbocycles. The molecule has 0 fully saturated rings. The summed E-state index contributed by atoms with van der Waals surface area (Å²) in [5, 5.41) is 6.15. The molecule has 1 unspecified atom stereocenters. The van der Waals surface area contributed by atoms with Gasteiger partial charge in [0.25, 0.3) is 5.91 Å². The molecule has 2 rings (SSSR count). The largest absolute Gasteiger partial charge is 0.348 e. The van der Waals surface area contributed by atoms with Gasteiger partial charge in [-0.3, -0.25) is 4.79 Å². The van der Waals surface area contributed by atoms with E-state index in [4.69, 9.17) is 0 Å². The number of anilines is 2. The molecule has 1 atom stereocenters. The maximum absolute atomic E-state index is 12.2. The van der Waals surface area contributed by atoms with Gasteiger partial charge >= 0.3 is 0 Å². The van der Waals surface area contributed by atoms with Crippen molar-refractivity contribution in [2.75, 3.05) is 5.32 Å². The summed E-state index contributed by atoms with van der Waals surface area (Å²) in [7, 11) is 0. The lowest BCUT2D eigenvalue weighted by Gasteiger charge is -2.12. The topological polar surface area (TPSA) is 66.9 Å². The summed E-state index contributed by atoms with van der Waals surface area (Å²) >= 11 is 0. The van der Waals surface area contributed by atoms with Crippen molar-refractivity contribution in [2.24, 2.45) is 0 Å². The molecule has 1 amide bonds. The number of amides is 1. The zero-order valence-corrected chi connectivity index (χ0v) is 14.2. The molecule has 0 radical (unpaired) electrons. The van der Waals surface area contributed by atoms with Gasteiger partial charge in [0.05, 0.1) is 0 Å². The summed E-state index contributed by atoms with van der Waals surface area (Å²) in [6, 6.07) is 9.97. The molecular weight excluding hydrogens is 288 g/mol. The highest BCUT2D eigenvalue weighted by Gasteiger charge is 2.12. The number of carbonyl (C=O) groups excluding carboxylic acids is 1. The van der Waals surface area contributed by atoms with E-state index in [1.165, 1.54) is 5.56 Å². The van der Waals surface area contributed by atoms with Crippen LogP contribution in [-0.4, -0.2) is 21.9 Å². The van der Waals surface area contributed by atoms with Gasteiger partial charge in [-0.25, -0.2) is 9.97 Å². The zero-order chi connectivity index (χ0) is 16.8. The highest BCUT2D eigenvalue weighted by Crippen LogP contribution is 2.16. The van der Waals surface area contributed by atoms with Crippen LogP contribution >= 0.6 is 0 Å². The van der Waals surface area contributed by atoms with Crippen LogP contribution < -0.4 is 10.6 Å². The van der Waals surface area contributed by atoms with E-state index >= 15 is 0 Å². The molecule has 0 saturated heterocycles. The number of carbonyl (C=O) groups is 1. The number of nitrogens with one attached hydrogen (secondary N) is 2. The van der Waals surface area contributed by atoms with Crippen LogP contribution in [0.15, 0.2) is 30.3 Å². The lowest BCUT2D eigenvalue weighted by molar-refractivity contribution is 0.0934. The van der Waals surface area contributed by atoms with Gasteiger partial charge in [-0.2, -0.15) is 0 Å². The predicted octanol–water partition coefficient (Wildman–Crippen LogP) is 3.62. The molecule has 2 N–H and O–H groups in total. The van der Waals surface area contributed by atoms with Crippen LogP contribution in [0.5, 0.6) is 0 Å². The Hall–Kier alpha value is -2.43. The number of aromatic nitrogens is 2. The highest BCUT2D eigenvalue weighted by atomic mass is 16.1. The fourth-order valence-electron chi connectivity index (χ4n) is 2.12. The lowest BCUT2D eigenvalue weighted by Crippen LogP contribution is -2.32. The summed E-state index contributed by atoms with van der Waals surface area (Å²) in [6.07, 6.45) is 1.89. The van der Waals surface area contributed by atoms with E-state index < -0.39 is 0 Å². The van der Waals surface area contributed by atoms with E-state index in [0.717, 1.165) is 18.5 Å². The third kappa shape index (κ3) is 4.77. The summed E-state index contributed by atoms with van der Waals surface area (Å²) in [4.78, 5) is 20.8. The molecule has 1 aromatic carbocycles. The third-order valence-electron chi connectivity index (χ3n) is 3.70. The first-order valence-electron chi connectivity index (χ1n) is 8.04. The van der Waals surface area contributed by atoms with E-state index in [0.29, 0.717) is 17.3 Å². The summed E-state index contributed by atoms with van der Waals surface area (Å²) < 4.78 is 0. The molecule has 0 aliphatic carbocycles. The van der Waals surface area contributed by atoms with Gasteiger partial charge in [-0.15, -0.1) is 0 Å². The summed E-state index contributed by atoms with van der Waals surface area (Å²) in [5.74, 6) is 1.01. The average molecular weight is 312 g/mol. The zero-order valence-electron chi connectivity index (χ0n) is 14.2. The second kappa shape index (κ2) is 7.72. The van der Waals surface area contributed by atoms with Crippen molar-refractivity contribution in [3.8, 4) is 0 Å². The normalized spacial score (nSPS) is 11.8. The Morgan fingerprint density at radius 1 is 1.17 bits per heavy atom. The first kappa shape index (κ1) is 16.9. The van der Waals surface area contributed by atoms with E-state index in [1.807, 2.05) is 26.0 Å². The predicted molar refractivity (Wildman–Crippen MR) is 93.1 cm³/mol. The maximum Gasteiger partial charge on any atom is 0.270 e. The van der Waals surface area contributed by atoms with E-state index in [2.05, 4.69) is 39.7 Å². The molecule has 5 nitrogen and oxygen atoms in total. The maximum atomic E-state index is 12.2. The third-order valence-corrected chi connectivity index (χ3v) is 3.70. The van der Waals surface area contributed by atoms with Crippen molar-refractivity contribution in [1.82, 2.24) is 15.3 Å². The van der Waals surface area contributed by atoms with Crippen LogP contribution in [0.3, 0.4) is 0 Å². The van der Waals surface area contributed by atoms with Crippen molar-refractivity contribution < 1.29 is 4.79 Å². The molecule has 5 heteroatoms. The number of rotatable bonds is 6. The number of benzene rings is 1. The Morgan fingerprint density at radius 3 is 2.48 bits per heavy atom. The number of hydrogen-bond acceptors (Lipinski definition) is 4. The van der Waals surface area contributed by atoms with Crippen molar-refractivity contribution in [1.29, 1.82) is 0 Å². The molecule has 0 bridgehead atoms. The van der Waals surface area contributed by atoms with Crippen molar-refractivity contribution in [3.05, 3.63) is 47.4 Å². The quantitative estimate of drug-likeness (QED) is 0.855. The van der Waals surface area contributed by atoms with Crippen molar-refractivity contribution in [3.63, 3.8) is 0 Å². The molecule has 2 aromatic rings. The van der Waals surface area contributed by atoms with Gasteiger partial charge in [0.1, 0.15) is 17.3 Å². The van der Waals surface area contributed by atoms with Crippen LogP contribution in [0.25, 0.3) is 0 Å².